The first-order valence-electron chi connectivity index (χ1n) is 6.09. The van der Waals surface area contributed by atoms with E-state index >= 15 is 0 Å². The normalized spacial score (nSPS) is 10.3. The standard InChI is InChI=1S/C14H15N3O3/c1-9-6-11(7-12(10(9)2)14(19)20)16-13(18)8-17-5-3-4-15-17/h3-7H,8H2,1-2H3,(H,16,18)(H,19,20). The van der Waals surface area contributed by atoms with E-state index in [0.717, 1.165) is 5.56 Å². The van der Waals surface area contributed by atoms with E-state index < -0.39 is 5.97 Å². The topological polar surface area (TPSA) is 84.2 Å². The predicted molar refractivity (Wildman–Crippen MR) is 73.7 cm³/mol. The number of hydrogen-bond acceptors (Lipinski definition) is 3. The SMILES string of the molecule is Cc1cc(NC(=O)Cn2cccn2)cc(C(=O)O)c1C. The Morgan fingerprint density at radius 3 is 2.70 bits per heavy atom. The molecule has 0 aliphatic rings. The average Bonchev–Trinajstić information content (AvgIpc) is 2.85. The first-order chi connectivity index (χ1) is 9.47. The molecule has 1 aromatic carbocycles. The van der Waals surface area contributed by atoms with Crippen LogP contribution in [0.25, 0.3) is 0 Å². The fraction of sp³-hybridized carbons (Fsp3) is 0.214. The van der Waals surface area contributed by atoms with Gasteiger partial charge in [0.25, 0.3) is 0 Å². The van der Waals surface area contributed by atoms with Gasteiger partial charge in [0, 0.05) is 18.1 Å². The number of amides is 1. The number of nitrogens with zero attached hydrogens (tertiary/aromatic N) is 2. The van der Waals surface area contributed by atoms with Gasteiger partial charge in [-0.1, -0.05) is 0 Å². The Labute approximate surface area is 116 Å². The van der Waals surface area contributed by atoms with Gasteiger partial charge in [-0.15, -0.1) is 0 Å². The number of rotatable bonds is 4. The molecule has 1 heterocycles. The lowest BCUT2D eigenvalue weighted by molar-refractivity contribution is -0.116. The average molecular weight is 273 g/mol. The number of carboxylic acid groups (broad SMARTS) is 1. The third-order valence-corrected chi connectivity index (χ3v) is 3.05. The third-order valence-electron chi connectivity index (χ3n) is 3.05. The summed E-state index contributed by atoms with van der Waals surface area (Å²) < 4.78 is 1.49. The third kappa shape index (κ3) is 3.03. The molecule has 2 aromatic rings. The number of aryl methyl sites for hydroxylation is 1. The van der Waals surface area contributed by atoms with Gasteiger partial charge in [-0.2, -0.15) is 5.10 Å². The van der Waals surface area contributed by atoms with E-state index in [4.69, 9.17) is 5.11 Å². The summed E-state index contributed by atoms with van der Waals surface area (Å²) in [6.45, 7) is 3.64. The van der Waals surface area contributed by atoms with Gasteiger partial charge >= 0.3 is 5.97 Å². The van der Waals surface area contributed by atoms with Crippen LogP contribution in [0.3, 0.4) is 0 Å². The van der Waals surface area contributed by atoms with E-state index in [1.807, 2.05) is 6.92 Å². The van der Waals surface area contributed by atoms with Crippen molar-refractivity contribution in [3.8, 4) is 0 Å². The number of benzene rings is 1. The second kappa shape index (κ2) is 5.56. The zero-order chi connectivity index (χ0) is 14.7. The van der Waals surface area contributed by atoms with Crippen LogP contribution in [0.4, 0.5) is 5.69 Å². The number of carboxylic acids is 1. The molecule has 1 aromatic heterocycles. The molecule has 2 N–H and O–H groups in total. The Bertz CT molecular complexity index is 648. The molecular formula is C14H15N3O3. The molecule has 6 heteroatoms. The van der Waals surface area contributed by atoms with E-state index in [9.17, 15) is 9.59 Å². The largest absolute Gasteiger partial charge is 0.478 e. The van der Waals surface area contributed by atoms with Crippen LogP contribution in [0.15, 0.2) is 30.6 Å². The zero-order valence-corrected chi connectivity index (χ0v) is 11.3. The van der Waals surface area contributed by atoms with Gasteiger partial charge in [-0.25, -0.2) is 4.79 Å². The van der Waals surface area contributed by atoms with Crippen LogP contribution in [0.5, 0.6) is 0 Å². The van der Waals surface area contributed by atoms with E-state index in [-0.39, 0.29) is 18.0 Å². The highest BCUT2D eigenvalue weighted by Crippen LogP contribution is 2.20. The summed E-state index contributed by atoms with van der Waals surface area (Å²) in [6.07, 6.45) is 3.27. The Balaban J connectivity index is 2.17. The summed E-state index contributed by atoms with van der Waals surface area (Å²) in [5, 5.41) is 15.7. The number of carbonyl (C=O) groups excluding carboxylic acids is 1. The number of aromatic nitrogens is 2. The molecule has 0 saturated heterocycles. The van der Waals surface area contributed by atoms with E-state index in [0.29, 0.717) is 11.3 Å². The summed E-state index contributed by atoms with van der Waals surface area (Å²) in [5.74, 6) is -1.26. The minimum Gasteiger partial charge on any atom is -0.478 e. The molecular weight excluding hydrogens is 258 g/mol. The molecule has 6 nitrogen and oxygen atoms in total. The zero-order valence-electron chi connectivity index (χ0n) is 11.3. The van der Waals surface area contributed by atoms with Crippen molar-refractivity contribution < 1.29 is 14.7 Å². The Morgan fingerprint density at radius 2 is 2.10 bits per heavy atom. The van der Waals surface area contributed by atoms with Crippen molar-refractivity contribution in [2.45, 2.75) is 20.4 Å². The van der Waals surface area contributed by atoms with Gasteiger partial charge in [0.1, 0.15) is 6.54 Å². The highest BCUT2D eigenvalue weighted by Gasteiger charge is 2.12. The van der Waals surface area contributed by atoms with Gasteiger partial charge in [-0.05, 0) is 43.2 Å². The highest BCUT2D eigenvalue weighted by molar-refractivity contribution is 5.95. The summed E-state index contributed by atoms with van der Waals surface area (Å²) in [4.78, 5) is 23.0. The van der Waals surface area contributed by atoms with Gasteiger partial charge < -0.3 is 10.4 Å². The van der Waals surface area contributed by atoms with Crippen LogP contribution in [0.2, 0.25) is 0 Å². The van der Waals surface area contributed by atoms with Crippen molar-refractivity contribution in [2.75, 3.05) is 5.32 Å². The van der Waals surface area contributed by atoms with Crippen molar-refractivity contribution in [2.24, 2.45) is 0 Å². The number of anilines is 1. The van der Waals surface area contributed by atoms with Crippen LogP contribution >= 0.6 is 0 Å². The fourth-order valence-corrected chi connectivity index (χ4v) is 1.90. The van der Waals surface area contributed by atoms with Gasteiger partial charge in [-0.3, -0.25) is 9.48 Å². The number of hydrogen-bond donors (Lipinski definition) is 2. The molecule has 2 rings (SSSR count). The van der Waals surface area contributed by atoms with E-state index in [2.05, 4.69) is 10.4 Å². The Kier molecular flexibility index (Phi) is 3.84. The highest BCUT2D eigenvalue weighted by atomic mass is 16.4. The minimum atomic E-state index is -1.01. The summed E-state index contributed by atoms with van der Waals surface area (Å²) in [7, 11) is 0. The van der Waals surface area contributed by atoms with Crippen molar-refractivity contribution in [3.05, 3.63) is 47.3 Å². The van der Waals surface area contributed by atoms with E-state index in [1.54, 1.807) is 31.5 Å². The molecule has 20 heavy (non-hydrogen) atoms. The minimum absolute atomic E-state index is 0.0856. The molecule has 0 aliphatic heterocycles. The molecule has 1 amide bonds. The van der Waals surface area contributed by atoms with Crippen LogP contribution in [-0.4, -0.2) is 26.8 Å². The first kappa shape index (κ1) is 13.8. The maximum Gasteiger partial charge on any atom is 0.336 e. The van der Waals surface area contributed by atoms with Crippen molar-refractivity contribution in [1.82, 2.24) is 9.78 Å². The first-order valence-corrected chi connectivity index (χ1v) is 6.09. The maximum absolute atomic E-state index is 11.8. The van der Waals surface area contributed by atoms with Gasteiger partial charge in [0.2, 0.25) is 5.91 Å². The maximum atomic E-state index is 11.8. The van der Waals surface area contributed by atoms with Gasteiger partial charge in [0.05, 0.1) is 5.56 Å². The number of aromatic carboxylic acids is 1. The van der Waals surface area contributed by atoms with Crippen molar-refractivity contribution >= 4 is 17.6 Å². The molecule has 0 spiro atoms. The van der Waals surface area contributed by atoms with Crippen molar-refractivity contribution in [3.63, 3.8) is 0 Å². The number of carbonyl (C=O) groups is 2. The second-order valence-electron chi connectivity index (χ2n) is 4.52. The van der Waals surface area contributed by atoms with Crippen LogP contribution in [0.1, 0.15) is 21.5 Å². The van der Waals surface area contributed by atoms with Crippen LogP contribution in [-0.2, 0) is 11.3 Å². The Morgan fingerprint density at radius 1 is 1.35 bits per heavy atom. The van der Waals surface area contributed by atoms with E-state index in [1.165, 1.54) is 10.7 Å². The quantitative estimate of drug-likeness (QED) is 0.890. The molecule has 0 aliphatic carbocycles. The summed E-state index contributed by atoms with van der Waals surface area (Å²) >= 11 is 0. The molecule has 0 bridgehead atoms. The fourth-order valence-electron chi connectivity index (χ4n) is 1.90. The molecule has 0 atom stereocenters. The summed E-state index contributed by atoms with van der Waals surface area (Å²) in [5.41, 5.74) is 2.18. The predicted octanol–water partition coefficient (Wildman–Crippen LogP) is 1.84. The van der Waals surface area contributed by atoms with Crippen molar-refractivity contribution in [1.29, 1.82) is 0 Å². The van der Waals surface area contributed by atoms with Gasteiger partial charge in [0.15, 0.2) is 0 Å². The lowest BCUT2D eigenvalue weighted by atomic mass is 10.0. The lowest BCUT2D eigenvalue weighted by Gasteiger charge is -2.10. The molecule has 0 fully saturated rings. The number of nitrogens with one attached hydrogen (secondary N) is 1. The monoisotopic (exact) mass is 273 g/mol. The molecule has 104 valence electrons. The summed E-state index contributed by atoms with van der Waals surface area (Å²) in [6, 6.07) is 4.94. The second-order valence-corrected chi connectivity index (χ2v) is 4.52. The van der Waals surface area contributed by atoms with Crippen LogP contribution in [0, 0.1) is 13.8 Å². The molecule has 0 radical (unpaired) electrons. The molecule has 0 saturated carbocycles. The Hall–Kier alpha value is -2.63. The lowest BCUT2D eigenvalue weighted by Crippen LogP contribution is -2.19. The smallest absolute Gasteiger partial charge is 0.336 e. The molecule has 0 unspecified atom stereocenters. The van der Waals surface area contributed by atoms with Crippen LogP contribution < -0.4 is 5.32 Å².